The lowest BCUT2D eigenvalue weighted by Crippen LogP contribution is -2.09. The summed E-state index contributed by atoms with van der Waals surface area (Å²) >= 11 is 0. The number of pyridine rings is 2. The van der Waals surface area contributed by atoms with Gasteiger partial charge in [0.15, 0.2) is 0 Å². The Morgan fingerprint density at radius 2 is 1.69 bits per heavy atom. The Morgan fingerprint density at radius 1 is 0.897 bits per heavy atom. The summed E-state index contributed by atoms with van der Waals surface area (Å²) in [5.74, 6) is -0.253. The molecule has 1 atom stereocenters. The molecule has 142 valence electrons. The van der Waals surface area contributed by atoms with Crippen LogP contribution in [0.5, 0.6) is 0 Å². The number of benzene rings is 2. The summed E-state index contributed by atoms with van der Waals surface area (Å²) in [6, 6.07) is 16.7. The van der Waals surface area contributed by atoms with Crippen molar-refractivity contribution in [3.05, 3.63) is 84.1 Å². The van der Waals surface area contributed by atoms with Crippen molar-refractivity contribution in [2.45, 2.75) is 19.9 Å². The van der Waals surface area contributed by atoms with Crippen molar-refractivity contribution >= 4 is 21.9 Å². The summed E-state index contributed by atoms with van der Waals surface area (Å²) in [6.07, 6.45) is 3.56. The van der Waals surface area contributed by atoms with Crippen LogP contribution in [0.1, 0.15) is 24.2 Å². The molecule has 3 heterocycles. The lowest BCUT2D eigenvalue weighted by Gasteiger charge is -2.14. The number of halogens is 1. The van der Waals surface area contributed by atoms with Gasteiger partial charge in [0.25, 0.3) is 0 Å². The van der Waals surface area contributed by atoms with E-state index in [0.717, 1.165) is 44.3 Å². The molecular formula is C23H18FN5. The molecule has 5 rings (SSSR count). The summed E-state index contributed by atoms with van der Waals surface area (Å²) in [5.41, 5.74) is 6.64. The second-order valence-corrected chi connectivity index (χ2v) is 7.17. The van der Waals surface area contributed by atoms with Crippen LogP contribution in [0.2, 0.25) is 0 Å². The van der Waals surface area contributed by atoms with Gasteiger partial charge in [-0.1, -0.05) is 23.4 Å². The van der Waals surface area contributed by atoms with Gasteiger partial charge in [0.2, 0.25) is 0 Å². The molecule has 0 spiro atoms. The first-order valence-electron chi connectivity index (χ1n) is 9.42. The van der Waals surface area contributed by atoms with Crippen LogP contribution < -0.4 is 0 Å². The van der Waals surface area contributed by atoms with Crippen molar-refractivity contribution in [1.82, 2.24) is 25.0 Å². The Kier molecular flexibility index (Phi) is 4.05. The molecule has 0 aliphatic heterocycles. The van der Waals surface area contributed by atoms with Crippen molar-refractivity contribution in [2.24, 2.45) is 0 Å². The van der Waals surface area contributed by atoms with Gasteiger partial charge < -0.3 is 0 Å². The van der Waals surface area contributed by atoms with Gasteiger partial charge in [0.1, 0.15) is 16.9 Å². The average molecular weight is 383 g/mol. The lowest BCUT2D eigenvalue weighted by molar-refractivity contribution is 0.558. The Morgan fingerprint density at radius 3 is 2.48 bits per heavy atom. The second-order valence-electron chi connectivity index (χ2n) is 7.17. The van der Waals surface area contributed by atoms with Gasteiger partial charge in [-0.15, -0.1) is 5.10 Å². The molecule has 0 radical (unpaired) electrons. The van der Waals surface area contributed by atoms with Crippen molar-refractivity contribution in [1.29, 1.82) is 0 Å². The molecule has 0 fully saturated rings. The van der Waals surface area contributed by atoms with E-state index in [4.69, 9.17) is 0 Å². The van der Waals surface area contributed by atoms with Gasteiger partial charge in [-0.25, -0.2) is 9.07 Å². The minimum atomic E-state index is -0.253. The highest BCUT2D eigenvalue weighted by Gasteiger charge is 2.17. The van der Waals surface area contributed by atoms with Gasteiger partial charge in [0, 0.05) is 17.3 Å². The summed E-state index contributed by atoms with van der Waals surface area (Å²) in [4.78, 5) is 8.82. The van der Waals surface area contributed by atoms with Gasteiger partial charge in [-0.2, -0.15) is 0 Å². The monoisotopic (exact) mass is 383 g/mol. The zero-order valence-corrected chi connectivity index (χ0v) is 16.0. The van der Waals surface area contributed by atoms with Crippen molar-refractivity contribution in [3.63, 3.8) is 0 Å². The first-order valence-corrected chi connectivity index (χ1v) is 9.42. The lowest BCUT2D eigenvalue weighted by atomic mass is 10.0. The van der Waals surface area contributed by atoms with Crippen molar-refractivity contribution in [3.8, 4) is 11.1 Å². The molecule has 6 heteroatoms. The second kappa shape index (κ2) is 6.74. The smallest absolute Gasteiger partial charge is 0.132 e. The van der Waals surface area contributed by atoms with Gasteiger partial charge in [-0.3, -0.25) is 9.97 Å². The molecule has 0 amide bonds. The summed E-state index contributed by atoms with van der Waals surface area (Å²) < 4.78 is 15.2. The fourth-order valence-electron chi connectivity index (χ4n) is 3.68. The maximum absolute atomic E-state index is 13.3. The van der Waals surface area contributed by atoms with E-state index >= 15 is 0 Å². The quantitative estimate of drug-likeness (QED) is 0.435. The van der Waals surface area contributed by atoms with E-state index in [9.17, 15) is 4.39 Å². The van der Waals surface area contributed by atoms with E-state index in [-0.39, 0.29) is 11.9 Å². The first-order chi connectivity index (χ1) is 14.1. The molecular weight excluding hydrogens is 365 g/mol. The van der Waals surface area contributed by atoms with Crippen LogP contribution in [0, 0.1) is 12.7 Å². The van der Waals surface area contributed by atoms with Gasteiger partial charge in [-0.05, 0) is 66.9 Å². The maximum Gasteiger partial charge on any atom is 0.132 e. The predicted molar refractivity (Wildman–Crippen MR) is 111 cm³/mol. The van der Waals surface area contributed by atoms with Crippen LogP contribution in [0.3, 0.4) is 0 Å². The van der Waals surface area contributed by atoms with E-state index in [1.54, 1.807) is 18.3 Å². The van der Waals surface area contributed by atoms with Crippen LogP contribution in [-0.2, 0) is 0 Å². The third kappa shape index (κ3) is 3.02. The largest absolute Gasteiger partial charge is 0.262 e. The SMILES string of the molecule is Cc1cc(-c2ccc3ncc4nnn([C@H](C)c5ccc(F)cc5)c4c3c2)ccn1. The molecule has 0 saturated carbocycles. The van der Waals surface area contributed by atoms with Crippen LogP contribution >= 0.6 is 0 Å². The molecule has 2 aromatic carbocycles. The Balaban J connectivity index is 1.72. The number of aromatic nitrogens is 5. The summed E-state index contributed by atoms with van der Waals surface area (Å²) in [7, 11) is 0. The van der Waals surface area contributed by atoms with E-state index in [1.165, 1.54) is 12.1 Å². The van der Waals surface area contributed by atoms with Gasteiger partial charge in [0.05, 0.1) is 17.8 Å². The molecule has 29 heavy (non-hydrogen) atoms. The van der Waals surface area contributed by atoms with E-state index in [0.29, 0.717) is 0 Å². The van der Waals surface area contributed by atoms with E-state index in [1.807, 2.05) is 36.9 Å². The molecule has 5 nitrogen and oxygen atoms in total. The average Bonchev–Trinajstić information content (AvgIpc) is 3.18. The molecule has 0 N–H and O–H groups in total. The van der Waals surface area contributed by atoms with E-state index in [2.05, 4.69) is 38.5 Å². The number of nitrogens with zero attached hydrogens (tertiary/aromatic N) is 5. The van der Waals surface area contributed by atoms with Gasteiger partial charge >= 0.3 is 0 Å². The number of hydrogen-bond donors (Lipinski definition) is 0. The highest BCUT2D eigenvalue weighted by molar-refractivity contribution is 6.03. The van der Waals surface area contributed by atoms with E-state index < -0.39 is 0 Å². The number of fused-ring (bicyclic) bond motifs is 3. The van der Waals surface area contributed by atoms with Crippen LogP contribution in [0.15, 0.2) is 67.0 Å². The predicted octanol–water partition coefficient (Wildman–Crippen LogP) is 5.10. The Bertz CT molecular complexity index is 1340. The van der Waals surface area contributed by atoms with Crippen LogP contribution in [-0.4, -0.2) is 25.0 Å². The maximum atomic E-state index is 13.3. The first kappa shape index (κ1) is 17.4. The molecule has 5 aromatic rings. The highest BCUT2D eigenvalue weighted by atomic mass is 19.1. The standard InChI is InChI=1S/C23H18FN5/c1-14-11-18(9-10-25-14)17-5-8-21-20(12-17)23-22(13-26-21)27-28-29(23)15(2)16-3-6-19(24)7-4-16/h3-13,15H,1-2H3/t15-/m1/s1. The molecule has 0 bridgehead atoms. The Hall–Kier alpha value is -3.67. The molecule has 3 aromatic heterocycles. The third-order valence-corrected chi connectivity index (χ3v) is 5.25. The highest BCUT2D eigenvalue weighted by Crippen LogP contribution is 2.30. The minimum absolute atomic E-state index is 0.0991. The normalized spacial score (nSPS) is 12.5. The molecule has 0 aliphatic carbocycles. The number of rotatable bonds is 3. The fraction of sp³-hybridized carbons (Fsp3) is 0.130. The molecule has 0 aliphatic rings. The number of aryl methyl sites for hydroxylation is 1. The zero-order valence-electron chi connectivity index (χ0n) is 16.0. The molecule has 0 saturated heterocycles. The minimum Gasteiger partial charge on any atom is -0.262 e. The number of hydrogen-bond acceptors (Lipinski definition) is 4. The zero-order chi connectivity index (χ0) is 20.0. The third-order valence-electron chi connectivity index (χ3n) is 5.25. The summed E-state index contributed by atoms with van der Waals surface area (Å²) in [5, 5.41) is 9.68. The Labute approximate surface area is 166 Å². The summed E-state index contributed by atoms with van der Waals surface area (Å²) in [6.45, 7) is 4.01. The van der Waals surface area contributed by atoms with Crippen molar-refractivity contribution in [2.75, 3.05) is 0 Å². The fourth-order valence-corrected chi connectivity index (χ4v) is 3.68. The molecule has 0 unspecified atom stereocenters. The van der Waals surface area contributed by atoms with Crippen LogP contribution in [0.4, 0.5) is 4.39 Å². The van der Waals surface area contributed by atoms with Crippen molar-refractivity contribution < 1.29 is 4.39 Å². The van der Waals surface area contributed by atoms with Crippen LogP contribution in [0.25, 0.3) is 33.1 Å². The topological polar surface area (TPSA) is 56.5 Å².